The summed E-state index contributed by atoms with van der Waals surface area (Å²) in [5, 5.41) is 0.335. The number of nitrogen functional groups attached to an aromatic ring is 2. The lowest BCUT2D eigenvalue weighted by Crippen LogP contribution is -2.50. The second-order valence-electron chi connectivity index (χ2n) is 6.08. The Morgan fingerprint density at radius 1 is 1.07 bits per heavy atom. The lowest BCUT2D eigenvalue weighted by Gasteiger charge is -2.40. The molecule has 1 aromatic heterocycles. The van der Waals surface area contributed by atoms with Gasteiger partial charge in [-0.2, -0.15) is 0 Å². The standard InChI is InChI=1S/C13H20ClN7O5S/c1-12(2,3)13(25-10(17)23,26-11(18)24)27-4-19-9(22)5-7(15)21-8(16)6(14)20-5/h4H2,1-3H3,(H2,17,23)(H2,18,24)(H,19,22)(H4,15,16,21). The van der Waals surface area contributed by atoms with Gasteiger partial charge in [0.2, 0.25) is 0 Å². The number of hydrogen-bond donors (Lipinski definition) is 5. The van der Waals surface area contributed by atoms with Crippen molar-refractivity contribution in [2.45, 2.75) is 25.9 Å². The number of anilines is 2. The van der Waals surface area contributed by atoms with E-state index in [9.17, 15) is 14.4 Å². The molecule has 0 aliphatic heterocycles. The second-order valence-corrected chi connectivity index (χ2v) is 7.55. The molecule has 1 aromatic rings. The number of primary amides is 2. The molecular formula is C13H20ClN7O5S. The van der Waals surface area contributed by atoms with Gasteiger partial charge >= 0.3 is 17.3 Å². The summed E-state index contributed by atoms with van der Waals surface area (Å²) >= 11 is 6.47. The lowest BCUT2D eigenvalue weighted by atomic mass is 9.95. The van der Waals surface area contributed by atoms with E-state index in [0.29, 0.717) is 0 Å². The Morgan fingerprint density at radius 2 is 1.59 bits per heavy atom. The van der Waals surface area contributed by atoms with Gasteiger partial charge in [0, 0.05) is 0 Å². The fourth-order valence-electron chi connectivity index (χ4n) is 1.76. The zero-order valence-corrected chi connectivity index (χ0v) is 16.3. The molecule has 1 heterocycles. The summed E-state index contributed by atoms with van der Waals surface area (Å²) in [6, 6.07) is 0. The van der Waals surface area contributed by atoms with Crippen LogP contribution in [-0.4, -0.2) is 39.1 Å². The number of halogens is 1. The molecule has 0 aliphatic carbocycles. The molecule has 0 fully saturated rings. The lowest BCUT2D eigenvalue weighted by molar-refractivity contribution is -0.148. The van der Waals surface area contributed by atoms with Crippen molar-refractivity contribution < 1.29 is 23.9 Å². The number of carbonyl (C=O) groups excluding carboxylic acids is 3. The highest BCUT2D eigenvalue weighted by molar-refractivity contribution is 8.00. The van der Waals surface area contributed by atoms with Crippen molar-refractivity contribution in [2.24, 2.45) is 16.9 Å². The zero-order valence-electron chi connectivity index (χ0n) is 14.7. The monoisotopic (exact) mass is 421 g/mol. The first-order chi connectivity index (χ1) is 12.3. The molecule has 0 aromatic carbocycles. The molecule has 0 aliphatic rings. The molecule has 9 N–H and O–H groups in total. The van der Waals surface area contributed by atoms with Gasteiger partial charge in [-0.25, -0.2) is 19.6 Å². The van der Waals surface area contributed by atoms with Crippen LogP contribution < -0.4 is 28.3 Å². The maximum absolute atomic E-state index is 12.2. The smallest absolute Gasteiger partial charge is 0.396 e. The summed E-state index contributed by atoms with van der Waals surface area (Å²) < 4.78 is 9.99. The van der Waals surface area contributed by atoms with Crippen LogP contribution in [0.15, 0.2) is 0 Å². The van der Waals surface area contributed by atoms with E-state index in [4.69, 9.17) is 44.0 Å². The van der Waals surface area contributed by atoms with Crippen molar-refractivity contribution in [1.29, 1.82) is 0 Å². The van der Waals surface area contributed by atoms with E-state index < -0.39 is 28.6 Å². The fraction of sp³-hybridized carbons (Fsp3) is 0.462. The number of nitrogens with two attached hydrogens (primary N) is 4. The normalized spacial score (nSPS) is 11.6. The fourth-order valence-corrected chi connectivity index (χ4v) is 2.99. The molecule has 12 nitrogen and oxygen atoms in total. The van der Waals surface area contributed by atoms with Crippen molar-refractivity contribution >= 4 is 53.1 Å². The number of amides is 3. The zero-order chi connectivity index (χ0) is 21.0. The molecule has 150 valence electrons. The van der Waals surface area contributed by atoms with Crippen LogP contribution in [0.5, 0.6) is 0 Å². The Labute approximate surface area is 163 Å². The predicted octanol–water partition coefficient (Wildman–Crippen LogP) is 0.605. The van der Waals surface area contributed by atoms with Gasteiger partial charge in [-0.05, 0) is 11.8 Å². The van der Waals surface area contributed by atoms with Crippen LogP contribution in [0.1, 0.15) is 31.3 Å². The van der Waals surface area contributed by atoms with Gasteiger partial charge in [0.1, 0.15) is 0 Å². The number of hydrogen-bond acceptors (Lipinski definition) is 10. The summed E-state index contributed by atoms with van der Waals surface area (Å²) in [6.07, 6.45) is -2.41. The molecule has 0 radical (unpaired) electrons. The Kier molecular flexibility index (Phi) is 6.92. The van der Waals surface area contributed by atoms with Crippen LogP contribution in [-0.2, 0) is 9.47 Å². The number of ether oxygens (including phenoxy) is 2. The summed E-state index contributed by atoms with van der Waals surface area (Å²) in [4.78, 5) is 42.2. The quantitative estimate of drug-likeness (QED) is 0.403. The Hall–Kier alpha value is -2.67. The van der Waals surface area contributed by atoms with E-state index in [2.05, 4.69) is 15.3 Å². The van der Waals surface area contributed by atoms with E-state index in [1.165, 1.54) is 0 Å². The highest BCUT2D eigenvalue weighted by atomic mass is 35.5. The third-order valence-corrected chi connectivity index (χ3v) is 4.73. The number of aromatic nitrogens is 2. The Balaban J connectivity index is 2.98. The summed E-state index contributed by atoms with van der Waals surface area (Å²) in [5.74, 6) is -1.31. The van der Waals surface area contributed by atoms with E-state index in [1.807, 2.05) is 0 Å². The van der Waals surface area contributed by atoms with E-state index in [0.717, 1.165) is 11.8 Å². The molecular weight excluding hydrogens is 402 g/mol. The first-order valence-corrected chi connectivity index (χ1v) is 8.63. The van der Waals surface area contributed by atoms with Gasteiger partial charge in [-0.3, -0.25) is 4.79 Å². The molecule has 27 heavy (non-hydrogen) atoms. The highest BCUT2D eigenvalue weighted by Crippen LogP contribution is 2.44. The average Bonchev–Trinajstić information content (AvgIpc) is 2.48. The minimum Gasteiger partial charge on any atom is -0.396 e. The van der Waals surface area contributed by atoms with Crippen LogP contribution in [0.2, 0.25) is 5.15 Å². The second kappa shape index (κ2) is 8.35. The first-order valence-electron chi connectivity index (χ1n) is 7.26. The van der Waals surface area contributed by atoms with E-state index >= 15 is 0 Å². The third kappa shape index (κ3) is 5.65. The topological polar surface area (TPSA) is 212 Å². The number of thioether (sulfide) groups is 1. The maximum Gasteiger partial charge on any atom is 0.408 e. The first kappa shape index (κ1) is 22.4. The molecule has 0 unspecified atom stereocenters. The molecule has 3 amide bonds. The Morgan fingerprint density at radius 3 is 2.04 bits per heavy atom. The number of nitrogens with one attached hydrogen (secondary N) is 1. The van der Waals surface area contributed by atoms with E-state index in [1.54, 1.807) is 20.8 Å². The minimum atomic E-state index is -1.91. The molecule has 0 spiro atoms. The summed E-state index contributed by atoms with van der Waals surface area (Å²) in [7, 11) is 0. The van der Waals surface area contributed by atoms with Gasteiger partial charge in [-0.1, -0.05) is 32.4 Å². The van der Waals surface area contributed by atoms with Crippen molar-refractivity contribution in [1.82, 2.24) is 15.3 Å². The van der Waals surface area contributed by atoms with Gasteiger partial charge in [-0.15, -0.1) is 0 Å². The molecule has 14 heteroatoms. The molecule has 0 saturated carbocycles. The minimum absolute atomic E-state index is 0.128. The number of carbonyl (C=O) groups is 3. The predicted molar refractivity (Wildman–Crippen MR) is 99.3 cm³/mol. The van der Waals surface area contributed by atoms with Crippen molar-refractivity contribution in [3.63, 3.8) is 0 Å². The highest BCUT2D eigenvalue weighted by Gasteiger charge is 2.50. The largest absolute Gasteiger partial charge is 0.408 e. The third-order valence-electron chi connectivity index (χ3n) is 3.00. The van der Waals surface area contributed by atoms with Crippen LogP contribution in [0.4, 0.5) is 21.2 Å². The van der Waals surface area contributed by atoms with Gasteiger partial charge in [0.15, 0.2) is 22.5 Å². The van der Waals surface area contributed by atoms with Gasteiger partial charge < -0.3 is 37.7 Å². The maximum atomic E-state index is 12.2. The van der Waals surface area contributed by atoms with Crippen LogP contribution in [0, 0.1) is 5.41 Å². The SMILES string of the molecule is CC(C)(C)C(OC(N)=O)(OC(N)=O)SCNC(=O)c1nc(Cl)c(N)nc1N. The summed E-state index contributed by atoms with van der Waals surface area (Å²) in [5.41, 5.74) is 20.0. The van der Waals surface area contributed by atoms with Crippen molar-refractivity contribution in [3.8, 4) is 0 Å². The van der Waals surface area contributed by atoms with Crippen LogP contribution in [0.25, 0.3) is 0 Å². The summed E-state index contributed by atoms with van der Waals surface area (Å²) in [6.45, 7) is 4.82. The molecule has 0 bridgehead atoms. The van der Waals surface area contributed by atoms with Gasteiger partial charge in [0.25, 0.3) is 5.91 Å². The van der Waals surface area contributed by atoms with Gasteiger partial charge in [0.05, 0.1) is 11.3 Å². The number of nitrogens with zero attached hydrogens (tertiary/aromatic N) is 2. The molecule has 1 rings (SSSR count). The van der Waals surface area contributed by atoms with Crippen molar-refractivity contribution in [2.75, 3.05) is 17.3 Å². The van der Waals surface area contributed by atoms with E-state index in [-0.39, 0.29) is 28.4 Å². The Bertz CT molecular complexity index is 739. The van der Waals surface area contributed by atoms with Crippen LogP contribution >= 0.6 is 23.4 Å². The van der Waals surface area contributed by atoms with Crippen LogP contribution in [0.3, 0.4) is 0 Å². The molecule has 0 atom stereocenters. The molecule has 0 saturated heterocycles. The average molecular weight is 422 g/mol. The van der Waals surface area contributed by atoms with Crippen molar-refractivity contribution in [3.05, 3.63) is 10.8 Å². The number of rotatable bonds is 6.